The van der Waals surface area contributed by atoms with Crippen molar-refractivity contribution in [2.24, 2.45) is 5.92 Å². The van der Waals surface area contributed by atoms with Crippen molar-refractivity contribution < 1.29 is 9.22 Å². The summed E-state index contributed by atoms with van der Waals surface area (Å²) in [6, 6.07) is 0.398. The van der Waals surface area contributed by atoms with E-state index in [4.69, 9.17) is 4.43 Å². The molecule has 0 aromatic heterocycles. The Morgan fingerprint density at radius 3 is 2.42 bits per heavy atom. The van der Waals surface area contributed by atoms with Crippen molar-refractivity contribution in [3.8, 4) is 0 Å². The first-order valence-electron chi connectivity index (χ1n) is 7.58. The van der Waals surface area contributed by atoms with E-state index < -0.39 is 8.32 Å². The Balaban J connectivity index is 2.14. The van der Waals surface area contributed by atoms with Gasteiger partial charge in [0.05, 0.1) is 0 Å². The lowest BCUT2D eigenvalue weighted by atomic mass is 10.0. The van der Waals surface area contributed by atoms with Crippen molar-refractivity contribution in [3.63, 3.8) is 0 Å². The number of rotatable bonds is 6. The summed E-state index contributed by atoms with van der Waals surface area (Å²) >= 11 is 0. The third-order valence-corrected chi connectivity index (χ3v) is 9.19. The Kier molecular flexibility index (Phi) is 5.62. The van der Waals surface area contributed by atoms with Crippen LogP contribution in [-0.4, -0.2) is 26.9 Å². The van der Waals surface area contributed by atoms with E-state index in [-0.39, 0.29) is 11.8 Å². The molecule has 1 rings (SSSR count). The van der Waals surface area contributed by atoms with E-state index in [0.717, 1.165) is 32.3 Å². The van der Waals surface area contributed by atoms with Gasteiger partial charge in [0, 0.05) is 18.6 Å². The van der Waals surface area contributed by atoms with Crippen molar-refractivity contribution in [3.05, 3.63) is 0 Å². The summed E-state index contributed by atoms with van der Waals surface area (Å²) in [6.45, 7) is 14.3. The van der Waals surface area contributed by atoms with Gasteiger partial charge in [-0.25, -0.2) is 0 Å². The number of unbranched alkanes of at least 4 members (excludes halogenated alkanes) is 1. The molecule has 0 radical (unpaired) electrons. The highest BCUT2D eigenvalue weighted by Crippen LogP contribution is 2.36. The van der Waals surface area contributed by atoms with Gasteiger partial charge in [0.1, 0.15) is 0 Å². The number of nitrogens with one attached hydrogen (secondary N) is 1. The van der Waals surface area contributed by atoms with Crippen molar-refractivity contribution in [2.75, 3.05) is 6.61 Å². The summed E-state index contributed by atoms with van der Waals surface area (Å²) in [4.78, 5) is 11.4. The molecule has 0 aromatic carbocycles. The number of hydrogen-bond donors (Lipinski definition) is 1. The fourth-order valence-electron chi connectivity index (χ4n) is 2.16. The molecular weight excluding hydrogens is 254 g/mol. The van der Waals surface area contributed by atoms with Crippen molar-refractivity contribution in [2.45, 2.75) is 77.6 Å². The first kappa shape index (κ1) is 16.7. The molecule has 2 atom stereocenters. The zero-order valence-corrected chi connectivity index (χ0v) is 14.5. The Labute approximate surface area is 119 Å². The average molecular weight is 286 g/mol. The highest BCUT2D eigenvalue weighted by molar-refractivity contribution is 6.74. The van der Waals surface area contributed by atoms with E-state index in [1.165, 1.54) is 0 Å². The molecule has 1 aliphatic heterocycles. The molecule has 4 heteroatoms. The van der Waals surface area contributed by atoms with Crippen molar-refractivity contribution in [1.29, 1.82) is 0 Å². The molecular formula is C15H31NO2Si. The second-order valence-corrected chi connectivity index (χ2v) is 12.3. The summed E-state index contributed by atoms with van der Waals surface area (Å²) < 4.78 is 6.15. The molecule has 0 bridgehead atoms. The molecule has 1 amide bonds. The molecule has 1 aliphatic rings. The van der Waals surface area contributed by atoms with Gasteiger partial charge in [-0.15, -0.1) is 0 Å². The van der Waals surface area contributed by atoms with Crippen LogP contribution in [0.15, 0.2) is 0 Å². The molecule has 2 unspecified atom stereocenters. The molecule has 0 aromatic rings. The molecule has 0 saturated carbocycles. The minimum Gasteiger partial charge on any atom is -0.417 e. The lowest BCUT2D eigenvalue weighted by Gasteiger charge is -2.36. The lowest BCUT2D eigenvalue weighted by Crippen LogP contribution is -2.41. The van der Waals surface area contributed by atoms with Gasteiger partial charge in [-0.2, -0.15) is 0 Å². The first-order chi connectivity index (χ1) is 8.63. The topological polar surface area (TPSA) is 38.3 Å². The molecule has 0 spiro atoms. The monoisotopic (exact) mass is 285 g/mol. The van der Waals surface area contributed by atoms with Crippen LogP contribution in [0, 0.1) is 5.92 Å². The highest BCUT2D eigenvalue weighted by Gasteiger charge is 2.36. The van der Waals surface area contributed by atoms with Crippen LogP contribution in [-0.2, 0) is 9.22 Å². The van der Waals surface area contributed by atoms with E-state index in [9.17, 15) is 4.79 Å². The SMILES string of the molecule is CC1CC(CCCCO[Si](C)(C)C(C)(C)C)NC1=O. The quantitative estimate of drug-likeness (QED) is 0.597. The van der Waals surface area contributed by atoms with Gasteiger partial charge in [-0.3, -0.25) is 4.79 Å². The lowest BCUT2D eigenvalue weighted by molar-refractivity contribution is -0.122. The molecule has 19 heavy (non-hydrogen) atoms. The van der Waals surface area contributed by atoms with Crippen molar-refractivity contribution >= 4 is 14.2 Å². The van der Waals surface area contributed by atoms with Gasteiger partial charge in [0.25, 0.3) is 0 Å². The molecule has 1 N–H and O–H groups in total. The van der Waals surface area contributed by atoms with Gasteiger partial charge in [0.15, 0.2) is 8.32 Å². The Hall–Kier alpha value is -0.353. The standard InChI is InChI=1S/C15H31NO2Si/c1-12-11-13(16-14(12)17)9-7-8-10-18-19(5,6)15(2,3)4/h12-13H,7-11H2,1-6H3,(H,16,17). The Morgan fingerprint density at radius 1 is 1.32 bits per heavy atom. The van der Waals surface area contributed by atoms with E-state index in [0.29, 0.717) is 11.1 Å². The van der Waals surface area contributed by atoms with Crippen LogP contribution in [0.1, 0.15) is 53.4 Å². The molecule has 112 valence electrons. The Bertz CT molecular complexity index is 310. The zero-order chi connectivity index (χ0) is 14.7. The van der Waals surface area contributed by atoms with Gasteiger partial charge in [-0.05, 0) is 43.8 Å². The van der Waals surface area contributed by atoms with Gasteiger partial charge >= 0.3 is 0 Å². The summed E-state index contributed by atoms with van der Waals surface area (Å²) in [5.41, 5.74) is 0. The Morgan fingerprint density at radius 2 is 1.95 bits per heavy atom. The second-order valence-electron chi connectivity index (χ2n) is 7.45. The maximum Gasteiger partial charge on any atom is 0.223 e. The van der Waals surface area contributed by atoms with Crippen LogP contribution in [0.3, 0.4) is 0 Å². The van der Waals surface area contributed by atoms with Gasteiger partial charge in [-0.1, -0.05) is 27.7 Å². The minimum absolute atomic E-state index is 0.202. The average Bonchev–Trinajstić information content (AvgIpc) is 2.56. The summed E-state index contributed by atoms with van der Waals surface area (Å²) in [5.74, 6) is 0.427. The smallest absolute Gasteiger partial charge is 0.223 e. The van der Waals surface area contributed by atoms with Gasteiger partial charge < -0.3 is 9.74 Å². The molecule has 1 fully saturated rings. The van der Waals surface area contributed by atoms with Crippen LogP contribution in [0.4, 0.5) is 0 Å². The number of carbonyl (C=O) groups excluding carboxylic acids is 1. The number of amides is 1. The van der Waals surface area contributed by atoms with Crippen LogP contribution in [0.25, 0.3) is 0 Å². The van der Waals surface area contributed by atoms with Crippen molar-refractivity contribution in [1.82, 2.24) is 5.32 Å². The second kappa shape index (κ2) is 6.40. The summed E-state index contributed by atoms with van der Waals surface area (Å²) in [6.07, 6.45) is 4.35. The number of carbonyl (C=O) groups is 1. The minimum atomic E-state index is -1.58. The van der Waals surface area contributed by atoms with Crippen LogP contribution in [0.2, 0.25) is 18.1 Å². The maximum absolute atomic E-state index is 11.4. The predicted octanol–water partition coefficient (Wildman–Crippen LogP) is 3.70. The van der Waals surface area contributed by atoms with Crippen LogP contribution >= 0.6 is 0 Å². The highest BCUT2D eigenvalue weighted by atomic mass is 28.4. The summed E-state index contributed by atoms with van der Waals surface area (Å²) in [5, 5.41) is 3.36. The molecule has 1 saturated heterocycles. The third kappa shape index (κ3) is 4.92. The van der Waals surface area contributed by atoms with Crippen LogP contribution < -0.4 is 5.32 Å². The molecule has 0 aliphatic carbocycles. The van der Waals surface area contributed by atoms with E-state index in [1.807, 2.05) is 6.92 Å². The third-order valence-electron chi connectivity index (χ3n) is 4.65. The van der Waals surface area contributed by atoms with Gasteiger partial charge in [0.2, 0.25) is 5.91 Å². The number of hydrogen-bond acceptors (Lipinski definition) is 2. The zero-order valence-electron chi connectivity index (χ0n) is 13.5. The van der Waals surface area contributed by atoms with E-state index in [1.54, 1.807) is 0 Å². The predicted molar refractivity (Wildman–Crippen MR) is 82.7 cm³/mol. The molecule has 1 heterocycles. The largest absolute Gasteiger partial charge is 0.417 e. The summed E-state index contributed by atoms with van der Waals surface area (Å²) in [7, 11) is -1.58. The van der Waals surface area contributed by atoms with Crippen LogP contribution in [0.5, 0.6) is 0 Å². The normalized spacial score (nSPS) is 24.6. The fraction of sp³-hybridized carbons (Fsp3) is 0.933. The molecule has 3 nitrogen and oxygen atoms in total. The first-order valence-corrected chi connectivity index (χ1v) is 10.5. The van der Waals surface area contributed by atoms with E-state index in [2.05, 4.69) is 39.2 Å². The maximum atomic E-state index is 11.4. The van der Waals surface area contributed by atoms with E-state index >= 15 is 0 Å². The fourth-order valence-corrected chi connectivity index (χ4v) is 3.25.